The van der Waals surface area contributed by atoms with Gasteiger partial charge in [-0.3, -0.25) is 0 Å². The summed E-state index contributed by atoms with van der Waals surface area (Å²) in [6, 6.07) is 49.2. The molecule has 0 saturated carbocycles. The van der Waals surface area contributed by atoms with Crippen LogP contribution in [-0.4, -0.2) is 9.55 Å². The van der Waals surface area contributed by atoms with Crippen LogP contribution in [-0.2, 0) is 37.3 Å². The molecular weight excluding hydrogens is 816 g/mol. The van der Waals surface area contributed by atoms with Crippen molar-refractivity contribution in [3.8, 4) is 5.82 Å². The van der Waals surface area contributed by atoms with Gasteiger partial charge in [-0.15, -0.1) is 23.8 Å². The first-order valence-electron chi connectivity index (χ1n) is 17.9. The van der Waals surface area contributed by atoms with Crippen molar-refractivity contribution < 1.29 is 21.1 Å². The van der Waals surface area contributed by atoms with Gasteiger partial charge in [0.2, 0.25) is 0 Å². The largest absolute Gasteiger partial charge is 0.493 e. The first-order valence-corrected chi connectivity index (χ1v) is 17.9. The van der Waals surface area contributed by atoms with Gasteiger partial charge in [-0.05, 0) is 69.7 Å². The number of hydrogen-bond donors (Lipinski definition) is 0. The maximum atomic E-state index is 4.91. The Morgan fingerprint density at radius 3 is 1.94 bits per heavy atom. The standard InChI is InChI=1S/C47H45N4.Pt/c1-45(2,3)32-24-25-48-44(30-32)51-40-19-13-12-18-38(40)39-23-22-33(29-43(39)51)47(7,8)35-26-34(46(4,5)6)27-37(28-35)50-31-49(36-16-10-9-11-17-36)41-20-14-15-21-42(41)50;/h9-27,30-31H,1-8H3;/q-3;. The Kier molecular flexibility index (Phi) is 8.99. The molecule has 0 saturated heterocycles. The molecule has 0 spiro atoms. The van der Waals surface area contributed by atoms with Crippen molar-refractivity contribution in [3.05, 3.63) is 163 Å². The van der Waals surface area contributed by atoms with E-state index in [1.807, 2.05) is 6.20 Å². The van der Waals surface area contributed by atoms with Crippen molar-refractivity contribution in [1.29, 1.82) is 0 Å². The third kappa shape index (κ3) is 6.15. The average Bonchev–Trinajstić information content (AvgIpc) is 3.67. The van der Waals surface area contributed by atoms with E-state index in [-0.39, 0.29) is 31.9 Å². The zero-order valence-electron chi connectivity index (χ0n) is 31.2. The normalized spacial score (nSPS) is 13.5. The molecule has 0 atom stereocenters. The van der Waals surface area contributed by atoms with Gasteiger partial charge in [-0.2, -0.15) is 47.0 Å². The Bertz CT molecular complexity index is 2410. The van der Waals surface area contributed by atoms with Crippen LogP contribution < -0.4 is 9.80 Å². The van der Waals surface area contributed by atoms with Gasteiger partial charge in [0.05, 0.1) is 0 Å². The molecule has 7 aromatic rings. The summed E-state index contributed by atoms with van der Waals surface area (Å²) in [6.07, 6.45) is 1.94. The molecule has 0 amide bonds. The van der Waals surface area contributed by atoms with Gasteiger partial charge in [-0.1, -0.05) is 109 Å². The van der Waals surface area contributed by atoms with Crippen molar-refractivity contribution in [2.75, 3.05) is 9.80 Å². The summed E-state index contributed by atoms with van der Waals surface area (Å²) in [4.78, 5) is 9.46. The number of rotatable bonds is 5. The topological polar surface area (TPSA) is 24.3 Å². The van der Waals surface area contributed by atoms with Crippen molar-refractivity contribution in [3.63, 3.8) is 0 Å². The van der Waals surface area contributed by atoms with E-state index in [2.05, 4.69) is 204 Å². The van der Waals surface area contributed by atoms with E-state index in [9.17, 15) is 0 Å². The van der Waals surface area contributed by atoms with E-state index in [0.717, 1.165) is 50.7 Å². The maximum absolute atomic E-state index is 4.91. The Labute approximate surface area is 323 Å². The van der Waals surface area contributed by atoms with Crippen molar-refractivity contribution in [2.45, 2.75) is 71.6 Å². The second-order valence-corrected chi connectivity index (χ2v) is 16.4. The number of nitrogens with zero attached hydrogens (tertiary/aromatic N) is 4. The number of aromatic nitrogens is 2. The summed E-state index contributed by atoms with van der Waals surface area (Å²) in [5.74, 6) is 0.912. The molecule has 0 fully saturated rings. The van der Waals surface area contributed by atoms with E-state index in [0.29, 0.717) is 0 Å². The number of fused-ring (bicyclic) bond motifs is 4. The quantitative estimate of drug-likeness (QED) is 0.161. The minimum Gasteiger partial charge on any atom is -0.493 e. The fourth-order valence-electron chi connectivity index (χ4n) is 7.20. The predicted octanol–water partition coefficient (Wildman–Crippen LogP) is 12.1. The second-order valence-electron chi connectivity index (χ2n) is 16.4. The van der Waals surface area contributed by atoms with Crippen LogP contribution in [0.4, 0.5) is 22.7 Å². The van der Waals surface area contributed by atoms with E-state index in [4.69, 9.17) is 4.98 Å². The van der Waals surface area contributed by atoms with Crippen LogP contribution in [0.5, 0.6) is 0 Å². The molecule has 2 aromatic heterocycles. The summed E-state index contributed by atoms with van der Waals surface area (Å²) < 4.78 is 2.29. The molecule has 0 radical (unpaired) electrons. The molecule has 52 heavy (non-hydrogen) atoms. The SMILES string of the molecule is CC(C)(C)c1cc(N2[CH-]N(c3ccccc3)c3ccccc32)[c-]c(C(C)(C)c2[c-]c3c(cc2)c2ccccc2n3-c2cc(C(C)(C)C)ccn2)c1.[Pt]. The van der Waals surface area contributed by atoms with Crippen LogP contribution in [0.25, 0.3) is 27.6 Å². The van der Waals surface area contributed by atoms with Gasteiger partial charge in [0, 0.05) is 49.8 Å². The Morgan fingerprint density at radius 2 is 1.23 bits per heavy atom. The summed E-state index contributed by atoms with van der Waals surface area (Å²) in [5.41, 5.74) is 10.9. The number of para-hydroxylation sites is 4. The van der Waals surface area contributed by atoms with Gasteiger partial charge in [0.15, 0.2) is 0 Å². The van der Waals surface area contributed by atoms with Crippen LogP contribution >= 0.6 is 0 Å². The first-order chi connectivity index (χ1) is 24.3. The predicted molar refractivity (Wildman–Crippen MR) is 214 cm³/mol. The molecule has 0 bridgehead atoms. The summed E-state index contributed by atoms with van der Waals surface area (Å²) in [6.45, 7) is 20.4. The fraction of sp³-hybridized carbons (Fsp3) is 0.234. The van der Waals surface area contributed by atoms with Gasteiger partial charge in [-0.25, -0.2) is 4.98 Å². The Morgan fingerprint density at radius 1 is 0.577 bits per heavy atom. The van der Waals surface area contributed by atoms with Crippen LogP contribution in [0.1, 0.15) is 77.6 Å². The van der Waals surface area contributed by atoms with Crippen LogP contribution in [0.2, 0.25) is 0 Å². The molecule has 5 aromatic carbocycles. The minimum absolute atomic E-state index is 0. The first kappa shape index (κ1) is 35.7. The van der Waals surface area contributed by atoms with Crippen LogP contribution in [0.15, 0.2) is 121 Å². The molecule has 8 rings (SSSR count). The van der Waals surface area contributed by atoms with Crippen molar-refractivity contribution in [1.82, 2.24) is 9.55 Å². The summed E-state index contributed by atoms with van der Waals surface area (Å²) in [5, 5.41) is 2.37. The summed E-state index contributed by atoms with van der Waals surface area (Å²) in [7, 11) is 0. The molecule has 3 heterocycles. The molecule has 266 valence electrons. The van der Waals surface area contributed by atoms with E-state index in [1.54, 1.807) is 0 Å². The molecule has 1 aliphatic rings. The zero-order valence-corrected chi connectivity index (χ0v) is 33.5. The third-order valence-electron chi connectivity index (χ3n) is 10.4. The fourth-order valence-corrected chi connectivity index (χ4v) is 7.20. The molecule has 0 N–H and O–H groups in total. The van der Waals surface area contributed by atoms with Crippen LogP contribution in [0, 0.1) is 18.8 Å². The monoisotopic (exact) mass is 860 g/mol. The summed E-state index contributed by atoms with van der Waals surface area (Å²) >= 11 is 0. The van der Waals surface area contributed by atoms with E-state index in [1.165, 1.54) is 21.9 Å². The number of benzene rings is 5. The van der Waals surface area contributed by atoms with Crippen LogP contribution in [0.3, 0.4) is 0 Å². The second kappa shape index (κ2) is 13.1. The minimum atomic E-state index is -0.412. The molecule has 5 heteroatoms. The molecular formula is C47H45N4Pt-3. The van der Waals surface area contributed by atoms with Crippen molar-refractivity contribution >= 4 is 44.6 Å². The number of hydrogen-bond acceptors (Lipinski definition) is 3. The molecule has 0 aliphatic carbocycles. The van der Waals surface area contributed by atoms with Gasteiger partial charge in [0.25, 0.3) is 0 Å². The van der Waals surface area contributed by atoms with Gasteiger partial charge >= 0.3 is 0 Å². The van der Waals surface area contributed by atoms with Gasteiger partial charge in [0.1, 0.15) is 5.82 Å². The molecule has 1 aliphatic heterocycles. The smallest absolute Gasteiger partial charge is 0.135 e. The van der Waals surface area contributed by atoms with Gasteiger partial charge < -0.3 is 14.4 Å². The van der Waals surface area contributed by atoms with E-state index < -0.39 is 5.41 Å². The number of anilines is 4. The number of pyridine rings is 1. The van der Waals surface area contributed by atoms with Crippen molar-refractivity contribution in [2.24, 2.45) is 0 Å². The Hall–Kier alpha value is -4.66. The Balaban J connectivity index is 0.00000420. The van der Waals surface area contributed by atoms with E-state index >= 15 is 0 Å². The molecule has 4 nitrogen and oxygen atoms in total. The molecule has 0 unspecified atom stereocenters. The third-order valence-corrected chi connectivity index (χ3v) is 10.4. The maximum Gasteiger partial charge on any atom is 0.135 e. The average molecular weight is 861 g/mol. The zero-order chi connectivity index (χ0) is 35.7.